The van der Waals surface area contributed by atoms with Crippen LogP contribution in [0.25, 0.3) is 5.65 Å². The third-order valence-corrected chi connectivity index (χ3v) is 7.59. The molecule has 1 aromatic carbocycles. The molecule has 13 heteroatoms. The lowest BCUT2D eigenvalue weighted by Crippen LogP contribution is -2.55. The number of rotatable bonds is 5. The molecule has 1 aliphatic heterocycles. The highest BCUT2D eigenvalue weighted by molar-refractivity contribution is 5.98. The second-order valence-corrected chi connectivity index (χ2v) is 11.2. The van der Waals surface area contributed by atoms with Crippen LogP contribution in [-0.4, -0.2) is 56.6 Å². The molecule has 0 radical (unpaired) electrons. The van der Waals surface area contributed by atoms with Crippen molar-refractivity contribution in [2.45, 2.75) is 57.7 Å². The minimum atomic E-state index is -1.09. The summed E-state index contributed by atoms with van der Waals surface area (Å²) in [5, 5.41) is 11.2. The first-order chi connectivity index (χ1) is 21.7. The van der Waals surface area contributed by atoms with Crippen LogP contribution >= 0.6 is 0 Å². The van der Waals surface area contributed by atoms with E-state index in [1.807, 2.05) is 44.2 Å². The van der Waals surface area contributed by atoms with Gasteiger partial charge in [0.05, 0.1) is 0 Å². The van der Waals surface area contributed by atoms with Crippen LogP contribution < -0.4 is 26.8 Å². The summed E-state index contributed by atoms with van der Waals surface area (Å²) in [5.74, 6) is -2.29. The van der Waals surface area contributed by atoms with Gasteiger partial charge >= 0.3 is 0 Å². The van der Waals surface area contributed by atoms with Crippen LogP contribution in [0.1, 0.15) is 71.5 Å². The molecule has 2 bridgehead atoms. The van der Waals surface area contributed by atoms with Gasteiger partial charge in [-0.05, 0) is 42.9 Å². The van der Waals surface area contributed by atoms with Gasteiger partial charge in [-0.25, -0.2) is 9.97 Å². The molecule has 0 saturated heterocycles. The summed E-state index contributed by atoms with van der Waals surface area (Å²) < 4.78 is 6.84. The summed E-state index contributed by atoms with van der Waals surface area (Å²) >= 11 is 0. The van der Waals surface area contributed by atoms with Gasteiger partial charge in [0.25, 0.3) is 17.4 Å². The van der Waals surface area contributed by atoms with Crippen LogP contribution in [0, 0.1) is 5.92 Å². The maximum Gasteiger partial charge on any atom is 0.273 e. The van der Waals surface area contributed by atoms with Gasteiger partial charge < -0.3 is 25.7 Å². The number of hydrogen-bond donors (Lipinski definition) is 4. The van der Waals surface area contributed by atoms with Crippen LogP contribution in [-0.2, 0) is 16.0 Å². The number of nitrogens with zero attached hydrogens (tertiary/aromatic N) is 3. The smallest absolute Gasteiger partial charge is 0.273 e. The van der Waals surface area contributed by atoms with Crippen molar-refractivity contribution in [2.24, 2.45) is 5.92 Å². The molecule has 0 spiro atoms. The third-order valence-electron chi connectivity index (χ3n) is 7.59. The zero-order valence-corrected chi connectivity index (χ0v) is 25.0. The molecule has 13 nitrogen and oxygen atoms in total. The molecule has 45 heavy (non-hydrogen) atoms. The number of benzene rings is 1. The molecular formula is C32H35N7O6. The fourth-order valence-electron chi connectivity index (χ4n) is 5.09. The Hall–Kier alpha value is -5.33. The summed E-state index contributed by atoms with van der Waals surface area (Å²) in [6.45, 7) is 4.03. The van der Waals surface area contributed by atoms with Crippen molar-refractivity contribution in [3.05, 3.63) is 100 Å². The monoisotopic (exact) mass is 613 g/mol. The van der Waals surface area contributed by atoms with Gasteiger partial charge in [-0.1, -0.05) is 50.2 Å². The lowest BCUT2D eigenvalue weighted by Gasteiger charge is -2.26. The highest BCUT2D eigenvalue weighted by Crippen LogP contribution is 2.22. The summed E-state index contributed by atoms with van der Waals surface area (Å²) in [6.07, 6.45) is 5.20. The number of aromatic nitrogens is 3. The topological polar surface area (TPSA) is 177 Å². The number of carbonyl (C=O) groups is 4. The van der Waals surface area contributed by atoms with Crippen LogP contribution in [0.15, 0.2) is 76.4 Å². The van der Waals surface area contributed by atoms with Crippen LogP contribution in [0.5, 0.6) is 0 Å². The maximum absolute atomic E-state index is 13.8. The quantitative estimate of drug-likeness (QED) is 0.264. The molecule has 4 heterocycles. The number of hydrogen-bond acceptors (Lipinski definition) is 8. The first-order valence-corrected chi connectivity index (χ1v) is 14.9. The van der Waals surface area contributed by atoms with Crippen molar-refractivity contribution < 1.29 is 23.6 Å². The minimum absolute atomic E-state index is 0.0894. The molecule has 3 atom stereocenters. The average molecular weight is 614 g/mol. The van der Waals surface area contributed by atoms with Gasteiger partial charge in [0.1, 0.15) is 35.6 Å². The van der Waals surface area contributed by atoms with Gasteiger partial charge in [-0.2, -0.15) is 0 Å². The van der Waals surface area contributed by atoms with E-state index < -0.39 is 47.3 Å². The summed E-state index contributed by atoms with van der Waals surface area (Å²) in [7, 11) is 0. The Morgan fingerprint density at radius 1 is 1.02 bits per heavy atom. The normalized spacial score (nSPS) is 19.9. The molecule has 4 aromatic rings. The highest BCUT2D eigenvalue weighted by atomic mass is 16.3. The van der Waals surface area contributed by atoms with Crippen LogP contribution in [0.2, 0.25) is 0 Å². The van der Waals surface area contributed by atoms with Crippen molar-refractivity contribution in [1.29, 1.82) is 0 Å². The molecule has 234 valence electrons. The van der Waals surface area contributed by atoms with E-state index in [4.69, 9.17) is 4.42 Å². The van der Waals surface area contributed by atoms with Gasteiger partial charge in [-0.15, -0.1) is 0 Å². The molecule has 5 rings (SSSR count). The first kappa shape index (κ1) is 31.1. The van der Waals surface area contributed by atoms with Gasteiger partial charge in [0.15, 0.2) is 5.69 Å². The molecule has 3 aromatic heterocycles. The Labute approximate surface area is 258 Å². The lowest BCUT2D eigenvalue weighted by atomic mass is 10.0. The second kappa shape index (κ2) is 14.0. The van der Waals surface area contributed by atoms with E-state index >= 15 is 0 Å². The Balaban J connectivity index is 1.44. The first-order valence-electron chi connectivity index (χ1n) is 14.9. The molecule has 4 N–H and O–H groups in total. The van der Waals surface area contributed by atoms with Crippen LogP contribution in [0.4, 0.5) is 0 Å². The van der Waals surface area contributed by atoms with Crippen LogP contribution in [0.3, 0.4) is 0 Å². The Bertz CT molecular complexity index is 1750. The fourth-order valence-corrected chi connectivity index (χ4v) is 5.09. The fraction of sp³-hybridized carbons (Fsp3) is 0.344. The summed E-state index contributed by atoms with van der Waals surface area (Å²) in [5.41, 5.74) is 0.461. The highest BCUT2D eigenvalue weighted by Gasteiger charge is 2.32. The zero-order chi connectivity index (χ0) is 31.9. The predicted octanol–water partition coefficient (Wildman–Crippen LogP) is 1.94. The van der Waals surface area contributed by atoms with Crippen molar-refractivity contribution in [3.63, 3.8) is 0 Å². The van der Waals surface area contributed by atoms with Crippen molar-refractivity contribution in [1.82, 2.24) is 35.6 Å². The standard InChI is InChI=1S/C32H35N7O6/c1-19(2)26-31-37-24(18-45-31)28(41)33-14-8-6-12-22(29(42)36-23(30(43)38-26)16-20-10-4-3-5-11-20)35-27(40)21-17-34-25-13-7-9-15-39(25)32(21)44/h3-5,7,9-11,13,15,17-19,22-23,26H,6,8,12,14,16H2,1-2H3,(H,33,41)(H,35,40)(H,36,42)(H,38,43)/t22-,23-,26-/m0/s1. The largest absolute Gasteiger partial charge is 0.446 e. The number of fused-ring (bicyclic) bond motifs is 3. The molecule has 0 unspecified atom stereocenters. The number of nitrogens with one attached hydrogen (secondary N) is 4. The van der Waals surface area contributed by atoms with Gasteiger partial charge in [-0.3, -0.25) is 28.4 Å². The Kier molecular flexibility index (Phi) is 9.66. The third kappa shape index (κ3) is 7.43. The van der Waals surface area contributed by atoms with E-state index in [2.05, 4.69) is 31.2 Å². The molecule has 0 saturated carbocycles. The second-order valence-electron chi connectivity index (χ2n) is 11.2. The van der Waals surface area contributed by atoms with Crippen molar-refractivity contribution in [2.75, 3.05) is 6.54 Å². The molecule has 0 aliphatic carbocycles. The molecule has 0 fully saturated rings. The molecule has 1 aliphatic rings. The minimum Gasteiger partial charge on any atom is -0.446 e. The number of pyridine rings is 1. The number of amides is 4. The Morgan fingerprint density at radius 2 is 1.80 bits per heavy atom. The maximum atomic E-state index is 13.8. The lowest BCUT2D eigenvalue weighted by molar-refractivity contribution is -0.130. The van der Waals surface area contributed by atoms with E-state index in [1.54, 1.807) is 18.2 Å². The summed E-state index contributed by atoms with van der Waals surface area (Å²) in [6, 6.07) is 11.4. The number of oxazole rings is 1. The van der Waals surface area contributed by atoms with E-state index in [9.17, 15) is 24.0 Å². The van der Waals surface area contributed by atoms with E-state index in [0.717, 1.165) is 5.56 Å². The van der Waals surface area contributed by atoms with Crippen molar-refractivity contribution in [3.8, 4) is 0 Å². The Morgan fingerprint density at radius 3 is 2.58 bits per heavy atom. The predicted molar refractivity (Wildman–Crippen MR) is 163 cm³/mol. The SMILES string of the molecule is CC(C)[C@@H]1NC(=O)[C@H](Cc2ccccc2)NC(=O)[C@@H](NC(=O)c2cnc3ccccn3c2=O)CCCCNC(=O)c2coc1n2. The van der Waals surface area contributed by atoms with E-state index in [0.29, 0.717) is 25.0 Å². The van der Waals surface area contributed by atoms with Gasteiger partial charge in [0, 0.05) is 25.4 Å². The van der Waals surface area contributed by atoms with Gasteiger partial charge in [0.2, 0.25) is 17.7 Å². The molecular weight excluding hydrogens is 578 g/mol. The molecule has 4 amide bonds. The zero-order valence-electron chi connectivity index (χ0n) is 25.0. The van der Waals surface area contributed by atoms with E-state index in [-0.39, 0.29) is 35.9 Å². The number of carbonyl (C=O) groups excluding carboxylic acids is 4. The summed E-state index contributed by atoms with van der Waals surface area (Å²) in [4.78, 5) is 75.1. The average Bonchev–Trinajstić information content (AvgIpc) is 3.52. The van der Waals surface area contributed by atoms with E-state index in [1.165, 1.54) is 23.1 Å². The van der Waals surface area contributed by atoms with Crippen molar-refractivity contribution >= 4 is 29.3 Å².